The van der Waals surface area contributed by atoms with Crippen LogP contribution in [0.2, 0.25) is 0 Å². The molecule has 1 rings (SSSR count). The van der Waals surface area contributed by atoms with Gasteiger partial charge in [-0.2, -0.15) is 0 Å². The molecule has 0 saturated heterocycles. The van der Waals surface area contributed by atoms with Crippen LogP contribution in [-0.2, 0) is 4.74 Å². The molecule has 3 nitrogen and oxygen atoms in total. The number of ether oxygens (including phenoxy) is 1. The van der Waals surface area contributed by atoms with Crippen LogP contribution < -0.4 is 10.9 Å². The maximum absolute atomic E-state index is 5.55. The zero-order valence-electron chi connectivity index (χ0n) is 6.63. The Kier molecular flexibility index (Phi) is 2.46. The fourth-order valence-electron chi connectivity index (χ4n) is 0.829. The van der Waals surface area contributed by atoms with Crippen molar-refractivity contribution in [3.63, 3.8) is 0 Å². The molecule has 0 bridgehead atoms. The van der Waals surface area contributed by atoms with Crippen molar-refractivity contribution < 1.29 is 4.74 Å². The standard InChI is InChI=1S/C7H12N2OS/c1-4-3-6(11-9)7(8)10-5(4)2/h3,5H,8-9H2,1-2H3. The van der Waals surface area contributed by atoms with Gasteiger partial charge in [0.1, 0.15) is 6.10 Å². The summed E-state index contributed by atoms with van der Waals surface area (Å²) in [4.78, 5) is 0.806. The Labute approximate surface area is 70.6 Å². The first-order chi connectivity index (χ1) is 5.15. The van der Waals surface area contributed by atoms with Crippen LogP contribution in [-0.4, -0.2) is 6.10 Å². The molecule has 0 saturated carbocycles. The van der Waals surface area contributed by atoms with E-state index in [1.807, 2.05) is 19.9 Å². The van der Waals surface area contributed by atoms with Crippen LogP contribution in [0.4, 0.5) is 0 Å². The van der Waals surface area contributed by atoms with Gasteiger partial charge in [0.05, 0.1) is 4.91 Å². The van der Waals surface area contributed by atoms with Crippen LogP contribution in [0.3, 0.4) is 0 Å². The number of hydrogen-bond donors (Lipinski definition) is 2. The third kappa shape index (κ3) is 1.70. The Balaban J connectivity index is 2.87. The molecular formula is C7H12N2OS. The van der Waals surface area contributed by atoms with E-state index < -0.39 is 0 Å². The molecule has 0 fully saturated rings. The fraction of sp³-hybridized carbons (Fsp3) is 0.429. The van der Waals surface area contributed by atoms with Crippen molar-refractivity contribution in [1.29, 1.82) is 0 Å². The molecule has 1 aliphatic heterocycles. The van der Waals surface area contributed by atoms with Crippen molar-refractivity contribution >= 4 is 11.9 Å². The highest BCUT2D eigenvalue weighted by Crippen LogP contribution is 2.24. The van der Waals surface area contributed by atoms with E-state index in [4.69, 9.17) is 15.6 Å². The van der Waals surface area contributed by atoms with E-state index in [9.17, 15) is 0 Å². The molecule has 1 aliphatic rings. The summed E-state index contributed by atoms with van der Waals surface area (Å²) in [6, 6.07) is 0. The first kappa shape index (κ1) is 8.49. The molecule has 1 atom stereocenters. The summed E-state index contributed by atoms with van der Waals surface area (Å²) in [6.07, 6.45) is 2.03. The average molecular weight is 172 g/mol. The van der Waals surface area contributed by atoms with Crippen LogP contribution in [0.5, 0.6) is 0 Å². The van der Waals surface area contributed by atoms with E-state index in [2.05, 4.69) is 0 Å². The molecule has 1 unspecified atom stereocenters. The zero-order valence-corrected chi connectivity index (χ0v) is 7.44. The molecular weight excluding hydrogens is 160 g/mol. The Hall–Kier alpha value is -0.610. The number of nitrogens with two attached hydrogens (primary N) is 2. The Morgan fingerprint density at radius 3 is 2.82 bits per heavy atom. The van der Waals surface area contributed by atoms with E-state index >= 15 is 0 Å². The normalized spacial score (nSPS) is 24.6. The smallest absolute Gasteiger partial charge is 0.200 e. The topological polar surface area (TPSA) is 61.3 Å². The van der Waals surface area contributed by atoms with E-state index in [1.165, 1.54) is 0 Å². The van der Waals surface area contributed by atoms with Gasteiger partial charge in [0.2, 0.25) is 0 Å². The fourth-order valence-corrected chi connectivity index (χ4v) is 1.25. The van der Waals surface area contributed by atoms with Crippen LogP contribution in [0.15, 0.2) is 22.4 Å². The Morgan fingerprint density at radius 2 is 2.27 bits per heavy atom. The van der Waals surface area contributed by atoms with Gasteiger partial charge in [-0.15, -0.1) is 0 Å². The van der Waals surface area contributed by atoms with Crippen LogP contribution >= 0.6 is 11.9 Å². The maximum atomic E-state index is 5.55. The summed E-state index contributed by atoms with van der Waals surface area (Å²) in [5, 5.41) is 5.36. The number of rotatable bonds is 1. The first-order valence-electron chi connectivity index (χ1n) is 3.36. The van der Waals surface area contributed by atoms with Gasteiger partial charge in [-0.25, -0.2) is 0 Å². The third-order valence-corrected chi connectivity index (χ3v) is 2.25. The average Bonchev–Trinajstić information content (AvgIpc) is 1.97. The minimum atomic E-state index is 0.0749. The van der Waals surface area contributed by atoms with Crippen molar-refractivity contribution in [2.45, 2.75) is 20.0 Å². The van der Waals surface area contributed by atoms with Gasteiger partial charge in [-0.1, -0.05) is 0 Å². The van der Waals surface area contributed by atoms with Gasteiger partial charge in [0.25, 0.3) is 0 Å². The van der Waals surface area contributed by atoms with Crippen molar-refractivity contribution in [2.24, 2.45) is 10.9 Å². The van der Waals surface area contributed by atoms with Crippen molar-refractivity contribution in [3.8, 4) is 0 Å². The molecule has 0 radical (unpaired) electrons. The second-order valence-corrected chi connectivity index (χ2v) is 3.17. The summed E-state index contributed by atoms with van der Waals surface area (Å²) >= 11 is 1.11. The lowest BCUT2D eigenvalue weighted by molar-refractivity contribution is 0.152. The Bertz CT molecular complexity index is 222. The lowest BCUT2D eigenvalue weighted by Crippen LogP contribution is -2.19. The second kappa shape index (κ2) is 3.19. The third-order valence-electron chi connectivity index (χ3n) is 1.67. The quantitative estimate of drug-likeness (QED) is 0.581. The molecule has 0 amide bonds. The van der Waals surface area contributed by atoms with Crippen LogP contribution in [0.1, 0.15) is 13.8 Å². The van der Waals surface area contributed by atoms with E-state index in [-0.39, 0.29) is 6.10 Å². The predicted molar refractivity (Wildman–Crippen MR) is 47.3 cm³/mol. The summed E-state index contributed by atoms with van der Waals surface area (Å²) in [5.74, 6) is 0.426. The van der Waals surface area contributed by atoms with Crippen molar-refractivity contribution in [3.05, 3.63) is 22.4 Å². The highest BCUT2D eigenvalue weighted by Gasteiger charge is 2.15. The minimum Gasteiger partial charge on any atom is -0.471 e. The lowest BCUT2D eigenvalue weighted by Gasteiger charge is -2.21. The molecule has 62 valence electrons. The molecule has 0 aromatic carbocycles. The van der Waals surface area contributed by atoms with Crippen molar-refractivity contribution in [2.75, 3.05) is 0 Å². The highest BCUT2D eigenvalue weighted by atomic mass is 32.2. The van der Waals surface area contributed by atoms with Crippen LogP contribution in [0, 0.1) is 0 Å². The molecule has 4 heteroatoms. The van der Waals surface area contributed by atoms with Gasteiger partial charge >= 0.3 is 0 Å². The van der Waals surface area contributed by atoms with E-state index in [0.29, 0.717) is 5.88 Å². The molecule has 11 heavy (non-hydrogen) atoms. The lowest BCUT2D eigenvalue weighted by atomic mass is 10.1. The van der Waals surface area contributed by atoms with E-state index in [1.54, 1.807) is 0 Å². The molecule has 0 aromatic heterocycles. The molecule has 1 heterocycles. The van der Waals surface area contributed by atoms with Crippen LogP contribution in [0.25, 0.3) is 0 Å². The second-order valence-electron chi connectivity index (χ2n) is 2.49. The summed E-state index contributed by atoms with van der Waals surface area (Å²) < 4.78 is 5.29. The van der Waals surface area contributed by atoms with Gasteiger partial charge in [-0.05, 0) is 37.4 Å². The molecule has 0 spiro atoms. The van der Waals surface area contributed by atoms with Gasteiger partial charge < -0.3 is 10.5 Å². The van der Waals surface area contributed by atoms with Gasteiger partial charge in [0.15, 0.2) is 5.88 Å². The van der Waals surface area contributed by atoms with Gasteiger partial charge in [0, 0.05) is 0 Å². The van der Waals surface area contributed by atoms with E-state index in [0.717, 1.165) is 22.4 Å². The minimum absolute atomic E-state index is 0.0749. The summed E-state index contributed by atoms with van der Waals surface area (Å²) in [5.41, 5.74) is 6.70. The van der Waals surface area contributed by atoms with Gasteiger partial charge in [-0.3, -0.25) is 5.14 Å². The summed E-state index contributed by atoms with van der Waals surface area (Å²) in [7, 11) is 0. The SMILES string of the molecule is CC1=CC(SN)=C(N)OC1C. The number of allylic oxidation sites excluding steroid dienone is 1. The monoisotopic (exact) mass is 172 g/mol. The molecule has 0 aliphatic carbocycles. The highest BCUT2D eigenvalue weighted by molar-refractivity contribution is 8.01. The summed E-state index contributed by atoms with van der Waals surface area (Å²) in [6.45, 7) is 3.95. The molecule has 0 aromatic rings. The Morgan fingerprint density at radius 1 is 1.64 bits per heavy atom. The van der Waals surface area contributed by atoms with Crippen molar-refractivity contribution in [1.82, 2.24) is 0 Å². The number of hydrogen-bond acceptors (Lipinski definition) is 4. The zero-order chi connectivity index (χ0) is 8.43. The largest absolute Gasteiger partial charge is 0.471 e. The maximum Gasteiger partial charge on any atom is 0.200 e. The first-order valence-corrected chi connectivity index (χ1v) is 4.24. The molecule has 4 N–H and O–H groups in total. The predicted octanol–water partition coefficient (Wildman–Crippen LogP) is 1.09.